The minimum atomic E-state index is -1.31. The number of aromatic carboxylic acids is 1. The Morgan fingerprint density at radius 1 is 1.55 bits per heavy atom. The zero-order valence-electron chi connectivity index (χ0n) is 10.7. The van der Waals surface area contributed by atoms with E-state index < -0.39 is 19.0 Å². The largest absolute Gasteiger partial charge is 0.547 e. The molecule has 1 amide bonds. The van der Waals surface area contributed by atoms with Crippen molar-refractivity contribution in [3.8, 4) is 5.75 Å². The van der Waals surface area contributed by atoms with Crippen LogP contribution in [-0.2, 0) is 11.2 Å². The fourth-order valence-corrected chi connectivity index (χ4v) is 2.30. The number of rotatable bonds is 3. The number of carbonyl (C=O) groups is 2. The molecule has 8 heteroatoms. The Kier molecular flexibility index (Phi) is 4.20. The number of amides is 1. The summed E-state index contributed by atoms with van der Waals surface area (Å²) in [6.07, 6.45) is 0.566. The monoisotopic (exact) mass is 297 g/mol. The first kappa shape index (κ1) is 14.7. The molecular formula is C12H13BClNO5. The first-order valence-electron chi connectivity index (χ1n) is 6.12. The van der Waals surface area contributed by atoms with Gasteiger partial charge in [0.05, 0.1) is 11.0 Å². The summed E-state index contributed by atoms with van der Waals surface area (Å²) in [7, 11) is -1.31. The highest BCUT2D eigenvalue weighted by atomic mass is 35.5. The molecular weight excluding hydrogens is 284 g/mol. The Bertz CT molecular complexity index is 565. The van der Waals surface area contributed by atoms with E-state index >= 15 is 0 Å². The van der Waals surface area contributed by atoms with Gasteiger partial charge in [0, 0.05) is 6.42 Å². The van der Waals surface area contributed by atoms with Gasteiger partial charge in [-0.2, -0.15) is 0 Å². The predicted octanol–water partition coefficient (Wildman–Crippen LogP) is 0.888. The lowest BCUT2D eigenvalue weighted by atomic mass is 9.72. The standard InChI is InChI=1S/C12H13BClNO5/c1-2-9(16)15-8-5-6-3-4-7(14)10(12(17)18)11(6)20-13(8)19/h3-4,8,19H,2,5H2,1H3,(H,15,16)(H,17,18)/t8-/m0/s1. The number of carboxylic acid groups (broad SMARTS) is 1. The second-order valence-corrected chi connectivity index (χ2v) is 4.86. The van der Waals surface area contributed by atoms with Crippen LogP contribution in [0.4, 0.5) is 0 Å². The molecule has 1 aliphatic heterocycles. The fraction of sp³-hybridized carbons (Fsp3) is 0.333. The van der Waals surface area contributed by atoms with E-state index in [2.05, 4.69) is 5.32 Å². The van der Waals surface area contributed by atoms with Crippen LogP contribution < -0.4 is 9.97 Å². The van der Waals surface area contributed by atoms with Crippen LogP contribution in [0.15, 0.2) is 12.1 Å². The predicted molar refractivity (Wildman–Crippen MR) is 72.9 cm³/mol. The summed E-state index contributed by atoms with van der Waals surface area (Å²) >= 11 is 5.83. The van der Waals surface area contributed by atoms with Crippen LogP contribution in [0.2, 0.25) is 5.02 Å². The van der Waals surface area contributed by atoms with Gasteiger partial charge in [-0.05, 0) is 18.1 Å². The maximum atomic E-state index is 11.4. The molecule has 6 nitrogen and oxygen atoms in total. The highest BCUT2D eigenvalue weighted by Crippen LogP contribution is 2.34. The van der Waals surface area contributed by atoms with E-state index in [1.165, 1.54) is 6.07 Å². The van der Waals surface area contributed by atoms with Crippen LogP contribution in [0.3, 0.4) is 0 Å². The van der Waals surface area contributed by atoms with Crippen LogP contribution in [0.1, 0.15) is 29.3 Å². The molecule has 106 valence electrons. The molecule has 0 aliphatic carbocycles. The zero-order chi connectivity index (χ0) is 14.9. The number of benzene rings is 1. The molecule has 0 unspecified atom stereocenters. The van der Waals surface area contributed by atoms with Crippen LogP contribution in [0, 0.1) is 0 Å². The summed E-state index contributed by atoms with van der Waals surface area (Å²) in [4.78, 5) is 22.6. The molecule has 0 bridgehead atoms. The van der Waals surface area contributed by atoms with Gasteiger partial charge < -0.3 is 20.1 Å². The number of halogens is 1. The molecule has 0 spiro atoms. The summed E-state index contributed by atoms with van der Waals surface area (Å²) in [6.45, 7) is 1.70. The van der Waals surface area contributed by atoms with Crippen molar-refractivity contribution in [2.45, 2.75) is 25.7 Å². The van der Waals surface area contributed by atoms with Gasteiger partial charge in [0.2, 0.25) is 5.91 Å². The van der Waals surface area contributed by atoms with Crippen LogP contribution in [0.5, 0.6) is 5.75 Å². The zero-order valence-corrected chi connectivity index (χ0v) is 11.5. The molecule has 0 fully saturated rings. The first-order valence-corrected chi connectivity index (χ1v) is 6.50. The SMILES string of the molecule is CCC(=O)N[C@H]1Cc2ccc(Cl)c(C(=O)O)c2OB1O. The molecule has 1 aromatic rings. The van der Waals surface area contributed by atoms with Crippen molar-refractivity contribution in [1.82, 2.24) is 5.32 Å². The van der Waals surface area contributed by atoms with Crippen molar-refractivity contribution in [3.05, 3.63) is 28.3 Å². The smallest absolute Gasteiger partial charge is 0.534 e. The van der Waals surface area contributed by atoms with Crippen molar-refractivity contribution < 1.29 is 24.4 Å². The van der Waals surface area contributed by atoms with Crippen LogP contribution in [-0.4, -0.2) is 35.1 Å². The average molecular weight is 298 g/mol. The van der Waals surface area contributed by atoms with E-state index in [9.17, 15) is 14.6 Å². The van der Waals surface area contributed by atoms with Crippen molar-refractivity contribution in [1.29, 1.82) is 0 Å². The average Bonchev–Trinajstić information content (AvgIpc) is 2.39. The summed E-state index contributed by atoms with van der Waals surface area (Å²) in [5.74, 6) is -2.00. The number of carbonyl (C=O) groups excluding carboxylic acids is 1. The number of hydrogen-bond donors (Lipinski definition) is 3. The Morgan fingerprint density at radius 2 is 2.25 bits per heavy atom. The summed E-state index contributed by atoms with van der Waals surface area (Å²) in [5.41, 5.74) is 0.405. The quantitative estimate of drug-likeness (QED) is 0.720. The highest BCUT2D eigenvalue weighted by molar-refractivity contribution is 6.47. The van der Waals surface area contributed by atoms with Crippen molar-refractivity contribution in [3.63, 3.8) is 0 Å². The van der Waals surface area contributed by atoms with Gasteiger partial charge in [0.15, 0.2) is 0 Å². The molecule has 0 radical (unpaired) electrons. The van der Waals surface area contributed by atoms with E-state index in [-0.39, 0.29) is 35.1 Å². The molecule has 2 rings (SSSR count). The van der Waals surface area contributed by atoms with E-state index in [4.69, 9.17) is 21.4 Å². The Hall–Kier alpha value is -1.73. The molecule has 1 aromatic carbocycles. The Balaban J connectivity index is 2.34. The van der Waals surface area contributed by atoms with Gasteiger partial charge in [-0.1, -0.05) is 24.6 Å². The third-order valence-corrected chi connectivity index (χ3v) is 3.41. The summed E-state index contributed by atoms with van der Waals surface area (Å²) < 4.78 is 5.24. The van der Waals surface area contributed by atoms with Gasteiger partial charge in [0.25, 0.3) is 0 Å². The lowest BCUT2D eigenvalue weighted by Gasteiger charge is -2.29. The second-order valence-electron chi connectivity index (χ2n) is 4.46. The van der Waals surface area contributed by atoms with E-state index in [0.29, 0.717) is 5.56 Å². The van der Waals surface area contributed by atoms with Gasteiger partial charge in [-0.15, -0.1) is 0 Å². The molecule has 3 N–H and O–H groups in total. The molecule has 1 aliphatic rings. The molecule has 1 atom stereocenters. The number of hydrogen-bond acceptors (Lipinski definition) is 4. The van der Waals surface area contributed by atoms with Crippen LogP contribution in [0.25, 0.3) is 0 Å². The highest BCUT2D eigenvalue weighted by Gasteiger charge is 2.38. The van der Waals surface area contributed by atoms with Gasteiger partial charge >= 0.3 is 13.1 Å². The van der Waals surface area contributed by atoms with Crippen molar-refractivity contribution >= 4 is 30.6 Å². The number of nitrogens with one attached hydrogen (secondary N) is 1. The fourth-order valence-electron chi connectivity index (χ4n) is 2.07. The van der Waals surface area contributed by atoms with Gasteiger partial charge in [-0.25, -0.2) is 4.79 Å². The van der Waals surface area contributed by atoms with E-state index in [1.807, 2.05) is 0 Å². The van der Waals surface area contributed by atoms with Crippen LogP contribution >= 0.6 is 11.6 Å². The molecule has 0 saturated heterocycles. The third kappa shape index (κ3) is 2.73. The minimum Gasteiger partial charge on any atom is -0.534 e. The number of carboxylic acids is 1. The van der Waals surface area contributed by atoms with Crippen molar-refractivity contribution in [2.75, 3.05) is 0 Å². The minimum absolute atomic E-state index is 0.0412. The topological polar surface area (TPSA) is 95.9 Å². The first-order chi connectivity index (χ1) is 9.43. The van der Waals surface area contributed by atoms with Gasteiger partial charge in [-0.3, -0.25) is 4.79 Å². The molecule has 0 saturated carbocycles. The number of fused-ring (bicyclic) bond motifs is 1. The van der Waals surface area contributed by atoms with Gasteiger partial charge in [0.1, 0.15) is 11.3 Å². The maximum absolute atomic E-state index is 11.4. The van der Waals surface area contributed by atoms with E-state index in [1.54, 1.807) is 13.0 Å². The maximum Gasteiger partial charge on any atom is 0.547 e. The molecule has 1 heterocycles. The normalized spacial score (nSPS) is 17.1. The Morgan fingerprint density at radius 3 is 2.85 bits per heavy atom. The lowest BCUT2D eigenvalue weighted by molar-refractivity contribution is -0.121. The van der Waals surface area contributed by atoms with E-state index in [0.717, 1.165) is 0 Å². The molecule has 20 heavy (non-hydrogen) atoms. The second kappa shape index (κ2) is 5.72. The third-order valence-electron chi connectivity index (χ3n) is 3.09. The Labute approximate surface area is 120 Å². The lowest BCUT2D eigenvalue weighted by Crippen LogP contribution is -2.53. The molecule has 0 aromatic heterocycles. The summed E-state index contributed by atoms with van der Waals surface area (Å²) in [6, 6.07) is 3.09. The summed E-state index contributed by atoms with van der Waals surface area (Å²) in [5, 5.41) is 21.7. The van der Waals surface area contributed by atoms with Crippen molar-refractivity contribution in [2.24, 2.45) is 0 Å².